The molecule has 1 fully saturated rings. The van der Waals surface area contributed by atoms with Gasteiger partial charge in [-0.05, 0) is 32.6 Å². The number of likely N-dealkylation sites (tertiary alicyclic amines) is 1. The summed E-state index contributed by atoms with van der Waals surface area (Å²) in [5.41, 5.74) is 0. The number of amides is 2. The first-order chi connectivity index (χ1) is 9.17. The average Bonchev–Trinajstić information content (AvgIpc) is 2.39. The number of nitrogens with zero attached hydrogens (tertiary/aromatic N) is 1. The Morgan fingerprint density at radius 1 is 1.42 bits per heavy atom. The van der Waals surface area contributed by atoms with Gasteiger partial charge in [0.15, 0.2) is 0 Å². The lowest BCUT2D eigenvalue weighted by atomic mass is 10.1. The third kappa shape index (κ3) is 5.92. The number of piperidine rings is 1. The molecule has 1 aliphatic rings. The van der Waals surface area contributed by atoms with E-state index in [1.807, 2.05) is 0 Å². The second kappa shape index (κ2) is 8.74. The first kappa shape index (κ1) is 15.8. The molecule has 0 bridgehead atoms. The second-order valence-corrected chi connectivity index (χ2v) is 4.72. The average molecular weight is 272 g/mol. The summed E-state index contributed by atoms with van der Waals surface area (Å²) in [6.45, 7) is 3.54. The number of carbonyl (C=O) groups is 2. The largest absolute Gasteiger partial charge is 0.450 e. The van der Waals surface area contributed by atoms with Crippen molar-refractivity contribution >= 4 is 12.0 Å². The van der Waals surface area contributed by atoms with Gasteiger partial charge in [-0.3, -0.25) is 4.79 Å². The highest BCUT2D eigenvalue weighted by molar-refractivity contribution is 5.76. The number of hydrogen-bond donors (Lipinski definition) is 2. The number of alkyl carbamates (subject to hydrolysis) is 1. The lowest BCUT2D eigenvalue weighted by Crippen LogP contribution is -2.49. The number of aliphatic hydroxyl groups excluding tert-OH is 1. The fraction of sp³-hybridized carbons (Fsp3) is 0.846. The summed E-state index contributed by atoms with van der Waals surface area (Å²) in [5, 5.41) is 11.5. The van der Waals surface area contributed by atoms with Crippen molar-refractivity contribution in [1.82, 2.24) is 10.2 Å². The molecule has 1 atom stereocenters. The van der Waals surface area contributed by atoms with Crippen LogP contribution in [0, 0.1) is 0 Å². The number of carbonyl (C=O) groups excluding carboxylic acids is 2. The van der Waals surface area contributed by atoms with Crippen LogP contribution in [-0.2, 0) is 9.53 Å². The number of aliphatic hydroxyl groups is 1. The first-order valence-electron chi connectivity index (χ1n) is 6.99. The minimum atomic E-state index is -0.415. The second-order valence-electron chi connectivity index (χ2n) is 4.72. The molecule has 1 unspecified atom stereocenters. The predicted octanol–water partition coefficient (Wildman–Crippen LogP) is 0.886. The van der Waals surface area contributed by atoms with E-state index in [0.717, 1.165) is 19.4 Å². The minimum absolute atomic E-state index is 0.0189. The summed E-state index contributed by atoms with van der Waals surface area (Å²) in [7, 11) is 0. The SMILES string of the molecule is CCOC(=O)NC1CCCN(C(=O)CCCCO)C1. The van der Waals surface area contributed by atoms with Crippen molar-refractivity contribution < 1.29 is 19.4 Å². The van der Waals surface area contributed by atoms with E-state index < -0.39 is 6.09 Å². The monoisotopic (exact) mass is 272 g/mol. The number of nitrogens with one attached hydrogen (secondary N) is 1. The summed E-state index contributed by atoms with van der Waals surface area (Å²) < 4.78 is 4.84. The van der Waals surface area contributed by atoms with Crippen molar-refractivity contribution in [2.45, 2.75) is 45.1 Å². The van der Waals surface area contributed by atoms with Crippen LogP contribution in [0.1, 0.15) is 39.0 Å². The van der Waals surface area contributed by atoms with Gasteiger partial charge < -0.3 is 20.1 Å². The van der Waals surface area contributed by atoms with Crippen LogP contribution >= 0.6 is 0 Å². The molecule has 0 aliphatic carbocycles. The number of unbranched alkanes of at least 4 members (excludes halogenated alkanes) is 1. The molecular formula is C13H24N2O4. The molecular weight excluding hydrogens is 248 g/mol. The van der Waals surface area contributed by atoms with Crippen molar-refractivity contribution in [3.63, 3.8) is 0 Å². The minimum Gasteiger partial charge on any atom is -0.450 e. The van der Waals surface area contributed by atoms with Crippen molar-refractivity contribution in [3.8, 4) is 0 Å². The fourth-order valence-corrected chi connectivity index (χ4v) is 2.21. The highest BCUT2D eigenvalue weighted by Gasteiger charge is 2.24. The van der Waals surface area contributed by atoms with Crippen molar-refractivity contribution in [3.05, 3.63) is 0 Å². The third-order valence-corrected chi connectivity index (χ3v) is 3.17. The maximum Gasteiger partial charge on any atom is 0.407 e. The summed E-state index contributed by atoms with van der Waals surface area (Å²) in [4.78, 5) is 25.1. The standard InChI is InChI=1S/C13H24N2O4/c1-2-19-13(18)14-11-6-5-8-15(10-11)12(17)7-3-4-9-16/h11,16H,2-10H2,1H3,(H,14,18). The van der Waals surface area contributed by atoms with E-state index in [0.29, 0.717) is 32.4 Å². The molecule has 0 aromatic carbocycles. The van der Waals surface area contributed by atoms with Gasteiger partial charge >= 0.3 is 6.09 Å². The van der Waals surface area contributed by atoms with Crippen LogP contribution in [0.3, 0.4) is 0 Å². The quantitative estimate of drug-likeness (QED) is 0.704. The van der Waals surface area contributed by atoms with Crippen molar-refractivity contribution in [2.75, 3.05) is 26.3 Å². The van der Waals surface area contributed by atoms with Crippen LogP contribution < -0.4 is 5.32 Å². The summed E-state index contributed by atoms with van der Waals surface area (Å²) in [5.74, 6) is 0.101. The lowest BCUT2D eigenvalue weighted by molar-refractivity contribution is -0.132. The van der Waals surface area contributed by atoms with E-state index in [2.05, 4.69) is 5.32 Å². The molecule has 2 amide bonds. The van der Waals surface area contributed by atoms with Gasteiger partial charge in [0.2, 0.25) is 5.91 Å². The molecule has 6 nitrogen and oxygen atoms in total. The van der Waals surface area contributed by atoms with E-state index in [9.17, 15) is 9.59 Å². The Bertz CT molecular complexity index is 296. The van der Waals surface area contributed by atoms with Gasteiger partial charge in [0.25, 0.3) is 0 Å². The molecule has 110 valence electrons. The Labute approximate surface area is 114 Å². The van der Waals surface area contributed by atoms with Crippen LogP contribution in [0.4, 0.5) is 4.79 Å². The first-order valence-corrected chi connectivity index (χ1v) is 6.99. The summed E-state index contributed by atoms with van der Waals surface area (Å²) in [6, 6.07) is -0.0189. The van der Waals surface area contributed by atoms with Crippen LogP contribution in [0.25, 0.3) is 0 Å². The van der Waals surface area contributed by atoms with E-state index in [-0.39, 0.29) is 18.6 Å². The zero-order chi connectivity index (χ0) is 14.1. The molecule has 0 aromatic heterocycles. The van der Waals surface area contributed by atoms with E-state index in [1.165, 1.54) is 0 Å². The van der Waals surface area contributed by atoms with Gasteiger partial charge in [-0.2, -0.15) is 0 Å². The molecule has 6 heteroatoms. The van der Waals surface area contributed by atoms with Crippen molar-refractivity contribution in [2.24, 2.45) is 0 Å². The molecule has 0 saturated carbocycles. The molecule has 2 N–H and O–H groups in total. The Morgan fingerprint density at radius 3 is 2.89 bits per heavy atom. The number of hydrogen-bond acceptors (Lipinski definition) is 4. The van der Waals surface area contributed by atoms with Gasteiger partial charge in [0.05, 0.1) is 6.61 Å². The molecule has 19 heavy (non-hydrogen) atoms. The molecule has 1 rings (SSSR count). The van der Waals surface area contributed by atoms with Gasteiger partial charge in [-0.1, -0.05) is 0 Å². The molecule has 1 heterocycles. The Balaban J connectivity index is 2.32. The maximum absolute atomic E-state index is 11.9. The van der Waals surface area contributed by atoms with E-state index in [4.69, 9.17) is 9.84 Å². The number of ether oxygens (including phenoxy) is 1. The van der Waals surface area contributed by atoms with Crippen LogP contribution in [0.2, 0.25) is 0 Å². The fourth-order valence-electron chi connectivity index (χ4n) is 2.21. The van der Waals surface area contributed by atoms with Gasteiger partial charge in [0, 0.05) is 32.2 Å². The zero-order valence-corrected chi connectivity index (χ0v) is 11.6. The van der Waals surface area contributed by atoms with Gasteiger partial charge in [-0.25, -0.2) is 4.79 Å². The molecule has 0 spiro atoms. The Kier molecular flexibility index (Phi) is 7.25. The number of rotatable bonds is 6. The van der Waals surface area contributed by atoms with Crippen LogP contribution in [0.5, 0.6) is 0 Å². The summed E-state index contributed by atoms with van der Waals surface area (Å²) >= 11 is 0. The van der Waals surface area contributed by atoms with E-state index >= 15 is 0 Å². The third-order valence-electron chi connectivity index (χ3n) is 3.17. The highest BCUT2D eigenvalue weighted by Crippen LogP contribution is 2.12. The predicted molar refractivity (Wildman–Crippen MR) is 70.7 cm³/mol. The molecule has 1 aliphatic heterocycles. The van der Waals surface area contributed by atoms with Gasteiger partial charge in [-0.15, -0.1) is 0 Å². The van der Waals surface area contributed by atoms with E-state index in [1.54, 1.807) is 11.8 Å². The maximum atomic E-state index is 11.9. The molecule has 0 aromatic rings. The Hall–Kier alpha value is -1.30. The smallest absolute Gasteiger partial charge is 0.407 e. The Morgan fingerprint density at radius 2 is 2.21 bits per heavy atom. The molecule has 1 saturated heterocycles. The normalized spacial score (nSPS) is 19.1. The lowest BCUT2D eigenvalue weighted by Gasteiger charge is -2.33. The van der Waals surface area contributed by atoms with Crippen LogP contribution in [0.15, 0.2) is 0 Å². The zero-order valence-electron chi connectivity index (χ0n) is 11.6. The van der Waals surface area contributed by atoms with Crippen molar-refractivity contribution in [1.29, 1.82) is 0 Å². The highest BCUT2D eigenvalue weighted by atomic mass is 16.5. The summed E-state index contributed by atoms with van der Waals surface area (Å²) in [6.07, 6.45) is 3.18. The van der Waals surface area contributed by atoms with Gasteiger partial charge in [0.1, 0.15) is 0 Å². The topological polar surface area (TPSA) is 78.9 Å². The van der Waals surface area contributed by atoms with Crippen LogP contribution in [-0.4, -0.2) is 54.4 Å². The molecule has 0 radical (unpaired) electrons.